The highest BCUT2D eigenvalue weighted by Gasteiger charge is 2.57. The van der Waals surface area contributed by atoms with Gasteiger partial charge in [0.2, 0.25) is 11.8 Å². The van der Waals surface area contributed by atoms with Gasteiger partial charge < -0.3 is 15.4 Å². The molecular weight excluding hydrogens is 340 g/mol. The van der Waals surface area contributed by atoms with Gasteiger partial charge in [-0.2, -0.15) is 0 Å². The lowest BCUT2D eigenvalue weighted by Crippen LogP contribution is -2.65. The van der Waals surface area contributed by atoms with Gasteiger partial charge in [0.15, 0.2) is 0 Å². The number of nitrogens with two attached hydrogens (primary N) is 1. The second-order valence-electron chi connectivity index (χ2n) is 7.72. The number of primary amides is 1. The summed E-state index contributed by atoms with van der Waals surface area (Å²) in [6.45, 7) is 7.31. The van der Waals surface area contributed by atoms with Gasteiger partial charge >= 0.3 is 0 Å². The molecule has 0 aromatic heterocycles. The fourth-order valence-electron chi connectivity index (χ4n) is 4.80. The van der Waals surface area contributed by atoms with Crippen molar-refractivity contribution in [2.24, 2.45) is 11.7 Å². The van der Waals surface area contributed by atoms with Crippen LogP contribution in [0.2, 0.25) is 0 Å². The lowest BCUT2D eigenvalue weighted by atomic mass is 9.57. The molecule has 2 N–H and O–H groups in total. The highest BCUT2D eigenvalue weighted by atomic mass is 16.5. The summed E-state index contributed by atoms with van der Waals surface area (Å²) in [5.74, 6) is -0.474. The first-order chi connectivity index (χ1) is 12.7. The molecule has 0 bridgehead atoms. The second kappa shape index (κ2) is 6.41. The van der Waals surface area contributed by atoms with Gasteiger partial charge in [0.05, 0.1) is 18.6 Å². The van der Waals surface area contributed by atoms with Crippen LogP contribution in [0.4, 0.5) is 5.69 Å². The van der Waals surface area contributed by atoms with Gasteiger partial charge in [-0.15, -0.1) is 0 Å². The van der Waals surface area contributed by atoms with Crippen LogP contribution in [0.25, 0.3) is 0 Å². The molecule has 2 unspecified atom stereocenters. The maximum absolute atomic E-state index is 12.7. The van der Waals surface area contributed by atoms with Crippen molar-refractivity contribution in [1.82, 2.24) is 0 Å². The summed E-state index contributed by atoms with van der Waals surface area (Å²) >= 11 is 0. The normalized spacial score (nSPS) is 23.4. The van der Waals surface area contributed by atoms with Crippen LogP contribution in [0.15, 0.2) is 42.5 Å². The maximum atomic E-state index is 12.7. The van der Waals surface area contributed by atoms with Crippen LogP contribution < -0.4 is 15.4 Å². The topological polar surface area (TPSA) is 72.6 Å². The molecule has 0 saturated heterocycles. The zero-order chi connectivity index (χ0) is 20.0. The number of anilines is 1. The van der Waals surface area contributed by atoms with Gasteiger partial charge in [-0.3, -0.25) is 9.59 Å². The third-order valence-electron chi connectivity index (χ3n) is 5.79. The van der Waals surface area contributed by atoms with E-state index in [1.807, 2.05) is 57.2 Å². The van der Waals surface area contributed by atoms with E-state index in [2.05, 4.69) is 6.07 Å². The third kappa shape index (κ3) is 2.69. The average Bonchev–Trinajstić information content (AvgIpc) is 2.60. The Morgan fingerprint density at radius 1 is 1.15 bits per heavy atom. The first-order valence-electron chi connectivity index (χ1n) is 8.91. The molecule has 141 valence electrons. The van der Waals surface area contributed by atoms with Gasteiger partial charge in [0, 0.05) is 18.0 Å². The number of methoxy groups -OCH3 is 1. The van der Waals surface area contributed by atoms with E-state index in [4.69, 9.17) is 10.5 Å². The van der Waals surface area contributed by atoms with Crippen molar-refractivity contribution in [3.63, 3.8) is 0 Å². The van der Waals surface area contributed by atoms with Gasteiger partial charge in [-0.1, -0.05) is 25.1 Å². The SMILES string of the molecule is COc1ccc(C2(C)c3c[c]ccc3N(C(C)=O)C(C)(C)C2C(N)=O)cc1. The summed E-state index contributed by atoms with van der Waals surface area (Å²) in [5.41, 5.74) is 6.96. The van der Waals surface area contributed by atoms with Crippen LogP contribution in [0.1, 0.15) is 38.8 Å². The number of carbonyl (C=O) groups excluding carboxylic acids is 2. The van der Waals surface area contributed by atoms with Crippen LogP contribution in [0, 0.1) is 12.0 Å². The molecule has 0 saturated carbocycles. The molecule has 0 spiro atoms. The predicted octanol–water partition coefficient (Wildman–Crippen LogP) is 3.05. The summed E-state index contributed by atoms with van der Waals surface area (Å²) in [6.07, 6.45) is 0. The number of nitrogens with zero attached hydrogens (tertiary/aromatic N) is 1. The zero-order valence-electron chi connectivity index (χ0n) is 16.4. The van der Waals surface area contributed by atoms with E-state index in [1.54, 1.807) is 18.1 Å². The number of rotatable bonds is 3. The minimum atomic E-state index is -0.805. The molecule has 3 rings (SSSR count). The van der Waals surface area contributed by atoms with Crippen LogP contribution in [0.5, 0.6) is 5.75 Å². The highest BCUT2D eigenvalue weighted by Crippen LogP contribution is 2.54. The van der Waals surface area contributed by atoms with Crippen LogP contribution in [-0.2, 0) is 15.0 Å². The Labute approximate surface area is 160 Å². The number of benzene rings is 2. The molecule has 5 heteroatoms. The molecular formula is C22H25N2O3. The summed E-state index contributed by atoms with van der Waals surface area (Å²) in [6, 6.07) is 16.2. The minimum absolute atomic E-state index is 0.129. The Balaban J connectivity index is 2.36. The average molecular weight is 365 g/mol. The predicted molar refractivity (Wildman–Crippen MR) is 105 cm³/mol. The molecule has 2 aromatic carbocycles. The number of amides is 2. The molecule has 1 aliphatic heterocycles. The summed E-state index contributed by atoms with van der Waals surface area (Å²) < 4.78 is 5.27. The first kappa shape index (κ1) is 19.0. The van der Waals surface area contributed by atoms with E-state index in [0.717, 1.165) is 22.6 Å². The molecule has 2 atom stereocenters. The number of fused-ring (bicyclic) bond motifs is 1. The molecule has 27 heavy (non-hydrogen) atoms. The molecule has 0 fully saturated rings. The Morgan fingerprint density at radius 3 is 2.30 bits per heavy atom. The van der Waals surface area contributed by atoms with Gasteiger partial charge in [-0.25, -0.2) is 0 Å². The van der Waals surface area contributed by atoms with E-state index in [-0.39, 0.29) is 5.91 Å². The van der Waals surface area contributed by atoms with E-state index in [0.29, 0.717) is 0 Å². The van der Waals surface area contributed by atoms with Gasteiger partial charge in [0.1, 0.15) is 5.75 Å². The van der Waals surface area contributed by atoms with Crippen LogP contribution >= 0.6 is 0 Å². The van der Waals surface area contributed by atoms with Crippen LogP contribution in [-0.4, -0.2) is 24.5 Å². The molecule has 1 aliphatic rings. The molecule has 2 amide bonds. The summed E-state index contributed by atoms with van der Waals surface area (Å²) in [7, 11) is 1.61. The van der Waals surface area contributed by atoms with E-state index in [1.165, 1.54) is 6.92 Å². The molecule has 0 aliphatic carbocycles. The van der Waals surface area contributed by atoms with Crippen molar-refractivity contribution >= 4 is 17.5 Å². The number of hydrogen-bond donors (Lipinski definition) is 1. The second-order valence-corrected chi connectivity index (χ2v) is 7.72. The smallest absolute Gasteiger partial charge is 0.224 e. The molecule has 1 radical (unpaired) electrons. The largest absolute Gasteiger partial charge is 0.497 e. The number of ether oxygens (including phenoxy) is 1. The Bertz CT molecular complexity index is 889. The monoisotopic (exact) mass is 365 g/mol. The summed E-state index contributed by atoms with van der Waals surface area (Å²) in [4.78, 5) is 26.9. The zero-order valence-corrected chi connectivity index (χ0v) is 16.4. The van der Waals surface area contributed by atoms with E-state index in [9.17, 15) is 9.59 Å². The quantitative estimate of drug-likeness (QED) is 0.909. The Kier molecular flexibility index (Phi) is 4.50. The lowest BCUT2D eigenvalue weighted by Gasteiger charge is -2.55. The molecule has 5 nitrogen and oxygen atoms in total. The van der Waals surface area contributed by atoms with E-state index < -0.39 is 22.8 Å². The minimum Gasteiger partial charge on any atom is -0.497 e. The highest BCUT2D eigenvalue weighted by molar-refractivity contribution is 5.98. The maximum Gasteiger partial charge on any atom is 0.224 e. The van der Waals surface area contributed by atoms with Crippen molar-refractivity contribution in [3.05, 3.63) is 59.7 Å². The van der Waals surface area contributed by atoms with Crippen molar-refractivity contribution < 1.29 is 14.3 Å². The number of hydrogen-bond acceptors (Lipinski definition) is 3. The third-order valence-corrected chi connectivity index (χ3v) is 5.79. The Morgan fingerprint density at radius 2 is 1.78 bits per heavy atom. The standard InChI is InChI=1S/C22H25N2O3/c1-14(25)24-18-9-7-6-8-17(18)22(4,19(20(23)26)21(24,2)3)15-10-12-16(27-5)13-11-15/h7-13,19H,1-5H3,(H2,23,26). The fraction of sp³-hybridized carbons (Fsp3) is 0.364. The van der Waals surface area contributed by atoms with Crippen molar-refractivity contribution in [3.8, 4) is 5.75 Å². The van der Waals surface area contributed by atoms with Crippen molar-refractivity contribution in [2.45, 2.75) is 38.6 Å². The molecule has 1 heterocycles. The molecule has 2 aromatic rings. The first-order valence-corrected chi connectivity index (χ1v) is 8.91. The van der Waals surface area contributed by atoms with Crippen LogP contribution in [0.3, 0.4) is 0 Å². The van der Waals surface area contributed by atoms with Crippen molar-refractivity contribution in [1.29, 1.82) is 0 Å². The van der Waals surface area contributed by atoms with E-state index >= 15 is 0 Å². The fourth-order valence-corrected chi connectivity index (χ4v) is 4.80. The lowest BCUT2D eigenvalue weighted by molar-refractivity contribution is -0.127. The van der Waals surface area contributed by atoms with Gasteiger partial charge in [0.25, 0.3) is 0 Å². The number of carbonyl (C=O) groups is 2. The van der Waals surface area contributed by atoms with Crippen molar-refractivity contribution in [2.75, 3.05) is 12.0 Å². The summed E-state index contributed by atoms with van der Waals surface area (Å²) in [5, 5.41) is 0. The van der Waals surface area contributed by atoms with Gasteiger partial charge in [-0.05, 0) is 55.3 Å². The Hall–Kier alpha value is -2.82.